The highest BCUT2D eigenvalue weighted by atomic mass is 16.4. The maximum Gasteiger partial charge on any atom is 0.320 e. The Morgan fingerprint density at radius 1 is 1.15 bits per heavy atom. The van der Waals surface area contributed by atoms with Crippen LogP contribution in [0.15, 0.2) is 0 Å². The average molecular weight is 283 g/mol. The maximum atomic E-state index is 12.5. The molecule has 6 nitrogen and oxygen atoms in total. The molecule has 0 spiro atoms. The number of nitrogens with zero attached hydrogens (tertiary/aromatic N) is 3. The molecular formula is C14H25N3O3. The first-order valence-corrected chi connectivity index (χ1v) is 7.41. The second-order valence-corrected chi connectivity index (χ2v) is 6.10. The lowest BCUT2D eigenvalue weighted by molar-refractivity contribution is -0.142. The molecular weight excluding hydrogens is 258 g/mol. The van der Waals surface area contributed by atoms with Crippen molar-refractivity contribution >= 4 is 12.0 Å². The number of hydrogen-bond acceptors (Lipinski definition) is 3. The molecule has 3 unspecified atom stereocenters. The molecule has 1 N–H and O–H groups in total. The Hall–Kier alpha value is -1.30. The summed E-state index contributed by atoms with van der Waals surface area (Å²) in [5, 5.41) is 9.15. The van der Waals surface area contributed by atoms with Crippen LogP contribution < -0.4 is 0 Å². The minimum Gasteiger partial charge on any atom is -0.481 e. The van der Waals surface area contributed by atoms with E-state index < -0.39 is 11.9 Å². The van der Waals surface area contributed by atoms with Crippen molar-refractivity contribution in [2.45, 2.75) is 26.3 Å². The van der Waals surface area contributed by atoms with E-state index in [0.717, 1.165) is 26.1 Å². The molecule has 20 heavy (non-hydrogen) atoms. The van der Waals surface area contributed by atoms with Crippen LogP contribution in [0.5, 0.6) is 0 Å². The zero-order valence-electron chi connectivity index (χ0n) is 12.6. The van der Waals surface area contributed by atoms with Crippen molar-refractivity contribution in [3.8, 4) is 0 Å². The molecule has 2 rings (SSSR count). The van der Waals surface area contributed by atoms with E-state index in [2.05, 4.69) is 18.9 Å². The van der Waals surface area contributed by atoms with Crippen LogP contribution >= 0.6 is 0 Å². The van der Waals surface area contributed by atoms with Gasteiger partial charge in [-0.05, 0) is 19.4 Å². The van der Waals surface area contributed by atoms with Crippen LogP contribution in [-0.4, -0.2) is 77.6 Å². The molecule has 2 aliphatic rings. The van der Waals surface area contributed by atoms with Gasteiger partial charge >= 0.3 is 12.0 Å². The highest BCUT2D eigenvalue weighted by Gasteiger charge is 2.39. The van der Waals surface area contributed by atoms with Crippen LogP contribution in [0.1, 0.15) is 20.3 Å². The Morgan fingerprint density at radius 3 is 2.40 bits per heavy atom. The molecule has 0 aromatic heterocycles. The van der Waals surface area contributed by atoms with Crippen molar-refractivity contribution in [1.29, 1.82) is 0 Å². The van der Waals surface area contributed by atoms with Crippen LogP contribution in [0.4, 0.5) is 4.79 Å². The van der Waals surface area contributed by atoms with E-state index in [1.165, 1.54) is 0 Å². The predicted molar refractivity (Wildman–Crippen MR) is 75.5 cm³/mol. The summed E-state index contributed by atoms with van der Waals surface area (Å²) in [5.41, 5.74) is 0. The van der Waals surface area contributed by atoms with E-state index in [9.17, 15) is 9.59 Å². The first-order chi connectivity index (χ1) is 9.43. The van der Waals surface area contributed by atoms with Gasteiger partial charge in [0, 0.05) is 38.8 Å². The topological polar surface area (TPSA) is 64.1 Å². The third-order valence-corrected chi connectivity index (χ3v) is 4.72. The van der Waals surface area contributed by atoms with Gasteiger partial charge in [0.1, 0.15) is 0 Å². The summed E-state index contributed by atoms with van der Waals surface area (Å²) < 4.78 is 0. The number of carboxylic acid groups (broad SMARTS) is 1. The molecule has 0 saturated carbocycles. The summed E-state index contributed by atoms with van der Waals surface area (Å²) in [7, 11) is 2.09. The van der Waals surface area contributed by atoms with E-state index in [1.54, 1.807) is 4.90 Å². The van der Waals surface area contributed by atoms with E-state index in [-0.39, 0.29) is 11.9 Å². The summed E-state index contributed by atoms with van der Waals surface area (Å²) in [5.74, 6) is -1.18. The van der Waals surface area contributed by atoms with Gasteiger partial charge in [0.25, 0.3) is 0 Å². The zero-order valence-corrected chi connectivity index (χ0v) is 12.6. The molecule has 3 atom stereocenters. The Bertz CT molecular complexity index is 388. The Morgan fingerprint density at radius 2 is 1.85 bits per heavy atom. The number of likely N-dealkylation sites (tertiary alicyclic amines) is 1. The average Bonchev–Trinajstić information content (AvgIpc) is 2.80. The lowest BCUT2D eigenvalue weighted by atomic mass is 9.99. The van der Waals surface area contributed by atoms with Crippen molar-refractivity contribution in [3.05, 3.63) is 0 Å². The normalized spacial score (nSPS) is 31.6. The Kier molecular flexibility index (Phi) is 4.52. The van der Waals surface area contributed by atoms with Gasteiger partial charge in [0.2, 0.25) is 0 Å². The molecule has 0 aromatic carbocycles. The van der Waals surface area contributed by atoms with E-state index in [1.807, 2.05) is 11.8 Å². The standard InChI is InChI=1S/C14H25N3O3/c1-4-11-8-16(6-5-15(11)3)14(20)17-7-10(2)12(9-17)13(18)19/h10-12H,4-9H2,1-3H3,(H,18,19). The SMILES string of the molecule is CCC1CN(C(=O)N2CC(C)C(C(=O)O)C2)CCN1C. The number of urea groups is 1. The molecule has 0 bridgehead atoms. The lowest BCUT2D eigenvalue weighted by Gasteiger charge is -2.40. The summed E-state index contributed by atoms with van der Waals surface area (Å²) in [4.78, 5) is 29.5. The fraction of sp³-hybridized carbons (Fsp3) is 0.857. The Labute approximate surface area is 120 Å². The number of carbonyl (C=O) groups is 2. The third kappa shape index (κ3) is 2.90. The maximum absolute atomic E-state index is 12.5. The fourth-order valence-corrected chi connectivity index (χ4v) is 3.21. The van der Waals surface area contributed by atoms with Crippen molar-refractivity contribution < 1.29 is 14.7 Å². The van der Waals surface area contributed by atoms with Crippen molar-refractivity contribution in [1.82, 2.24) is 14.7 Å². The van der Waals surface area contributed by atoms with E-state index in [0.29, 0.717) is 19.1 Å². The monoisotopic (exact) mass is 283 g/mol. The quantitative estimate of drug-likeness (QED) is 0.813. The number of carbonyl (C=O) groups excluding carboxylic acids is 1. The Balaban J connectivity index is 1.97. The molecule has 0 radical (unpaired) electrons. The van der Waals surface area contributed by atoms with E-state index >= 15 is 0 Å². The summed E-state index contributed by atoms with van der Waals surface area (Å²) in [6, 6.07) is 0.412. The van der Waals surface area contributed by atoms with Crippen molar-refractivity contribution in [2.24, 2.45) is 11.8 Å². The number of carboxylic acids is 1. The first-order valence-electron chi connectivity index (χ1n) is 7.41. The smallest absolute Gasteiger partial charge is 0.320 e. The van der Waals surface area contributed by atoms with Crippen LogP contribution in [0.2, 0.25) is 0 Å². The number of hydrogen-bond donors (Lipinski definition) is 1. The summed E-state index contributed by atoms with van der Waals surface area (Å²) >= 11 is 0. The minimum atomic E-state index is -0.794. The van der Waals surface area contributed by atoms with Gasteiger partial charge in [-0.3, -0.25) is 9.69 Å². The minimum absolute atomic E-state index is 0.00662. The molecule has 2 heterocycles. The van der Waals surface area contributed by atoms with Crippen molar-refractivity contribution in [2.75, 3.05) is 39.8 Å². The van der Waals surface area contributed by atoms with Gasteiger partial charge in [-0.15, -0.1) is 0 Å². The van der Waals surface area contributed by atoms with Crippen LogP contribution in [0, 0.1) is 11.8 Å². The highest BCUT2D eigenvalue weighted by molar-refractivity contribution is 5.78. The fourth-order valence-electron chi connectivity index (χ4n) is 3.21. The van der Waals surface area contributed by atoms with Gasteiger partial charge in [-0.1, -0.05) is 13.8 Å². The summed E-state index contributed by atoms with van der Waals surface area (Å²) in [6.45, 7) is 7.30. The molecule has 2 aliphatic heterocycles. The van der Waals surface area contributed by atoms with Gasteiger partial charge < -0.3 is 14.9 Å². The predicted octanol–water partition coefficient (Wildman–Crippen LogP) is 0.785. The molecule has 2 fully saturated rings. The van der Waals surface area contributed by atoms with Crippen LogP contribution in [0.3, 0.4) is 0 Å². The molecule has 0 aliphatic carbocycles. The number of piperazine rings is 1. The molecule has 114 valence electrons. The largest absolute Gasteiger partial charge is 0.481 e. The summed E-state index contributed by atoms with van der Waals surface area (Å²) in [6.07, 6.45) is 1.02. The second-order valence-electron chi connectivity index (χ2n) is 6.10. The third-order valence-electron chi connectivity index (χ3n) is 4.72. The molecule has 0 aromatic rings. The lowest BCUT2D eigenvalue weighted by Crippen LogP contribution is -2.55. The molecule has 2 amide bonds. The number of rotatable bonds is 2. The second kappa shape index (κ2) is 5.99. The van der Waals surface area contributed by atoms with Crippen LogP contribution in [0.25, 0.3) is 0 Å². The number of likely N-dealkylation sites (N-methyl/N-ethyl adjacent to an activating group) is 1. The van der Waals surface area contributed by atoms with Crippen molar-refractivity contribution in [3.63, 3.8) is 0 Å². The van der Waals surface area contributed by atoms with Gasteiger partial charge in [-0.2, -0.15) is 0 Å². The first kappa shape index (κ1) is 15.1. The zero-order chi connectivity index (χ0) is 14.9. The highest BCUT2D eigenvalue weighted by Crippen LogP contribution is 2.25. The van der Waals surface area contributed by atoms with Gasteiger partial charge in [0.05, 0.1) is 5.92 Å². The number of amides is 2. The molecule has 6 heteroatoms. The number of aliphatic carboxylic acids is 1. The van der Waals surface area contributed by atoms with E-state index in [4.69, 9.17) is 5.11 Å². The molecule has 2 saturated heterocycles. The van der Waals surface area contributed by atoms with Crippen LogP contribution in [-0.2, 0) is 4.79 Å². The van der Waals surface area contributed by atoms with Gasteiger partial charge in [-0.25, -0.2) is 4.79 Å². The van der Waals surface area contributed by atoms with Gasteiger partial charge in [0.15, 0.2) is 0 Å².